The number of ether oxygens (including phenoxy) is 1. The largest absolute Gasteiger partial charge is 0.460 e. The van der Waals surface area contributed by atoms with Gasteiger partial charge in [-0.1, -0.05) is 28.0 Å². The Morgan fingerprint density at radius 1 is 1.44 bits per heavy atom. The average Bonchev–Trinajstić information content (AvgIpc) is 2.75. The topological polar surface area (TPSA) is 26.3 Å². The molecule has 0 N–H and O–H groups in total. The van der Waals surface area contributed by atoms with Gasteiger partial charge in [-0.15, -0.1) is 4.71 Å². The van der Waals surface area contributed by atoms with Crippen molar-refractivity contribution in [2.24, 2.45) is 0 Å². The fourth-order valence-corrected chi connectivity index (χ4v) is 4.68. The highest BCUT2D eigenvalue weighted by Gasteiger charge is 2.17. The molecule has 1 unspecified atom stereocenters. The lowest BCUT2D eigenvalue weighted by Gasteiger charge is -2.14. The normalized spacial score (nSPS) is 20.1. The van der Waals surface area contributed by atoms with Gasteiger partial charge >= 0.3 is 5.97 Å². The van der Waals surface area contributed by atoms with Gasteiger partial charge in [0.15, 0.2) is 0 Å². The minimum absolute atomic E-state index is 0.164. The van der Waals surface area contributed by atoms with E-state index in [4.69, 9.17) is 4.74 Å². The zero-order valence-electron chi connectivity index (χ0n) is 11.2. The maximum absolute atomic E-state index is 13.1. The van der Waals surface area contributed by atoms with Gasteiger partial charge in [0.1, 0.15) is 27.2 Å². The zero-order chi connectivity index (χ0) is 13.4. The Labute approximate surface area is 117 Å². The second kappa shape index (κ2) is 8.27. The molecule has 1 fully saturated rings. The van der Waals surface area contributed by atoms with Crippen molar-refractivity contribution in [3.8, 4) is 0 Å². The highest BCUT2D eigenvalue weighted by atomic mass is 33.1. The minimum atomic E-state index is -0.663. The second-order valence-corrected chi connectivity index (χ2v) is 7.84. The Morgan fingerprint density at radius 3 is 2.83 bits per heavy atom. The van der Waals surface area contributed by atoms with Crippen LogP contribution in [0.5, 0.6) is 0 Å². The van der Waals surface area contributed by atoms with Crippen molar-refractivity contribution in [2.45, 2.75) is 37.4 Å². The minimum Gasteiger partial charge on any atom is -0.460 e. The fourth-order valence-electron chi connectivity index (χ4n) is 1.65. The van der Waals surface area contributed by atoms with Gasteiger partial charge < -0.3 is 4.74 Å². The Morgan fingerprint density at radius 2 is 2.22 bits per heavy atom. The first-order valence-electron chi connectivity index (χ1n) is 6.44. The first-order chi connectivity index (χ1) is 8.47. The molecule has 0 saturated carbocycles. The Bertz CT molecular complexity index is 253. The number of nitrogens with zero attached hydrogens (tertiary/aromatic N) is 1. The summed E-state index contributed by atoms with van der Waals surface area (Å²) in [6.07, 6.45) is 4.92. The molecule has 1 aliphatic heterocycles. The summed E-state index contributed by atoms with van der Waals surface area (Å²) in [5.74, 6) is 1.06. The van der Waals surface area contributed by atoms with Crippen molar-refractivity contribution in [1.29, 1.82) is 0 Å². The molecule has 0 amide bonds. The van der Waals surface area contributed by atoms with Gasteiger partial charge in [-0.05, 0) is 23.7 Å². The van der Waals surface area contributed by atoms with Crippen molar-refractivity contribution in [2.75, 3.05) is 33.0 Å². The van der Waals surface area contributed by atoms with Crippen molar-refractivity contribution >= 4 is 27.6 Å². The van der Waals surface area contributed by atoms with Gasteiger partial charge in [0.05, 0.1) is 0 Å². The predicted molar refractivity (Wildman–Crippen MR) is 76.0 cm³/mol. The molecular weight excluding hydrogens is 273 g/mol. The molecule has 1 saturated heterocycles. The van der Waals surface area contributed by atoms with E-state index < -0.39 is 4.71 Å². The van der Waals surface area contributed by atoms with E-state index in [1.54, 1.807) is 0 Å². The number of carbonyl (C=O) groups is 1. The number of hydrogen-bond donors (Lipinski definition) is 0. The van der Waals surface area contributed by atoms with Crippen LogP contribution in [-0.2, 0) is 9.53 Å². The third kappa shape index (κ3) is 8.21. The highest BCUT2D eigenvalue weighted by molar-refractivity contribution is 8.77. The molecule has 1 atom stereocenters. The molecule has 18 heavy (non-hydrogen) atoms. The summed E-state index contributed by atoms with van der Waals surface area (Å²) in [7, 11) is 6.79. The number of unbranched alkanes of at least 4 members (excludes halogenated alkanes) is 1. The van der Waals surface area contributed by atoms with Gasteiger partial charge in [-0.25, -0.2) is 0 Å². The number of halogens is 1. The van der Waals surface area contributed by atoms with E-state index >= 15 is 0 Å². The smallest absolute Gasteiger partial charge is 0.305 e. The number of quaternary nitrogens is 1. The molecule has 0 radical (unpaired) electrons. The SMILES string of the molecule is C[N+](C)(F)CCOC(=O)CCCCC1CCSS1. The van der Waals surface area contributed by atoms with Crippen molar-refractivity contribution < 1.29 is 18.7 Å². The molecule has 3 nitrogen and oxygen atoms in total. The molecule has 1 aliphatic rings. The first kappa shape index (κ1) is 16.1. The number of carbonyl (C=O) groups excluding carboxylic acids is 1. The molecule has 106 valence electrons. The molecule has 0 spiro atoms. The Kier molecular flexibility index (Phi) is 7.41. The van der Waals surface area contributed by atoms with E-state index in [0.717, 1.165) is 18.1 Å². The summed E-state index contributed by atoms with van der Waals surface area (Å²) in [5, 5.41) is 0.774. The Hall–Kier alpha value is 0.0600. The lowest BCUT2D eigenvalue weighted by atomic mass is 10.1. The highest BCUT2D eigenvalue weighted by Crippen LogP contribution is 2.39. The third-order valence-corrected chi connectivity index (χ3v) is 5.78. The van der Waals surface area contributed by atoms with E-state index in [9.17, 15) is 9.28 Å². The predicted octanol–water partition coefficient (Wildman–Crippen LogP) is 3.20. The number of hydrogen-bond acceptors (Lipinski definition) is 4. The van der Waals surface area contributed by atoms with Crippen LogP contribution in [0.3, 0.4) is 0 Å². The molecule has 0 bridgehead atoms. The second-order valence-electron chi connectivity index (χ2n) is 5.06. The number of rotatable bonds is 8. The summed E-state index contributed by atoms with van der Waals surface area (Å²) < 4.78 is 17.4. The van der Waals surface area contributed by atoms with Crippen LogP contribution >= 0.6 is 21.6 Å². The third-order valence-electron chi connectivity index (χ3n) is 2.77. The molecule has 0 aromatic heterocycles. The van der Waals surface area contributed by atoms with Crippen molar-refractivity contribution in [3.63, 3.8) is 0 Å². The van der Waals surface area contributed by atoms with E-state index in [-0.39, 0.29) is 19.1 Å². The number of esters is 1. The zero-order valence-corrected chi connectivity index (χ0v) is 12.8. The molecule has 0 aromatic carbocycles. The fraction of sp³-hybridized carbons (Fsp3) is 0.917. The Balaban J connectivity index is 1.93. The monoisotopic (exact) mass is 296 g/mol. The van der Waals surface area contributed by atoms with Gasteiger partial charge in [0, 0.05) is 17.4 Å². The average molecular weight is 296 g/mol. The lowest BCUT2D eigenvalue weighted by molar-refractivity contribution is -1.02. The standard InChI is InChI=1S/C12H23FNO2S2/c1-14(2,13)8-9-16-12(15)6-4-3-5-11-7-10-17-18-11/h11H,3-10H2,1-2H3/q+1. The first-order valence-corrected chi connectivity index (χ1v) is 8.82. The molecular formula is C12H23FNO2S2+. The molecule has 0 aromatic rings. The van der Waals surface area contributed by atoms with Crippen LogP contribution in [0.1, 0.15) is 32.1 Å². The van der Waals surface area contributed by atoms with Crippen LogP contribution in [0.25, 0.3) is 0 Å². The van der Waals surface area contributed by atoms with Gasteiger partial charge in [0.2, 0.25) is 0 Å². The maximum atomic E-state index is 13.1. The van der Waals surface area contributed by atoms with Crippen LogP contribution in [0.4, 0.5) is 4.48 Å². The van der Waals surface area contributed by atoms with Gasteiger partial charge in [-0.2, -0.15) is 0 Å². The summed E-state index contributed by atoms with van der Waals surface area (Å²) in [6, 6.07) is 0. The summed E-state index contributed by atoms with van der Waals surface area (Å²) in [4.78, 5) is 11.4. The molecule has 0 aliphatic carbocycles. The maximum Gasteiger partial charge on any atom is 0.305 e. The van der Waals surface area contributed by atoms with Crippen LogP contribution in [0.2, 0.25) is 0 Å². The van der Waals surface area contributed by atoms with Crippen molar-refractivity contribution in [1.82, 2.24) is 0 Å². The van der Waals surface area contributed by atoms with Crippen LogP contribution in [0, 0.1) is 0 Å². The van der Waals surface area contributed by atoms with E-state index in [1.165, 1.54) is 32.7 Å². The van der Waals surface area contributed by atoms with E-state index in [1.807, 2.05) is 21.6 Å². The van der Waals surface area contributed by atoms with Crippen molar-refractivity contribution in [3.05, 3.63) is 0 Å². The lowest BCUT2D eigenvalue weighted by Crippen LogP contribution is -2.33. The number of likely N-dealkylation sites (N-methyl/N-ethyl adjacent to an activating group) is 1. The van der Waals surface area contributed by atoms with E-state index in [2.05, 4.69) is 0 Å². The molecule has 6 heteroatoms. The van der Waals surface area contributed by atoms with Gasteiger partial charge in [0.25, 0.3) is 0 Å². The summed E-state index contributed by atoms with van der Waals surface area (Å²) in [5.41, 5.74) is 0. The van der Waals surface area contributed by atoms with E-state index in [0.29, 0.717) is 6.42 Å². The summed E-state index contributed by atoms with van der Waals surface area (Å²) >= 11 is 0. The van der Waals surface area contributed by atoms with Gasteiger partial charge in [-0.3, -0.25) is 4.79 Å². The van der Waals surface area contributed by atoms with Crippen LogP contribution in [-0.4, -0.2) is 48.9 Å². The molecule has 1 heterocycles. The van der Waals surface area contributed by atoms with Crippen LogP contribution in [0.15, 0.2) is 0 Å². The summed E-state index contributed by atoms with van der Waals surface area (Å²) in [6.45, 7) is 0.374. The van der Waals surface area contributed by atoms with Crippen LogP contribution < -0.4 is 0 Å². The molecule has 1 rings (SSSR count). The quantitative estimate of drug-likeness (QED) is 0.297.